The maximum Gasteiger partial charge on any atom is 0.324 e. The SMILES string of the molecule is COc1cccc(N2CC[NH+]([C@@H](C)C(=O)N3CCNC3=O)CC2)c1. The lowest BCUT2D eigenvalue weighted by atomic mass is 10.2. The Morgan fingerprint density at radius 3 is 2.67 bits per heavy atom. The summed E-state index contributed by atoms with van der Waals surface area (Å²) >= 11 is 0. The highest BCUT2D eigenvalue weighted by Crippen LogP contribution is 2.20. The van der Waals surface area contributed by atoms with Crippen molar-refractivity contribution in [3.8, 4) is 5.75 Å². The fraction of sp³-hybridized carbons (Fsp3) is 0.529. The number of imide groups is 1. The van der Waals surface area contributed by atoms with E-state index in [2.05, 4.69) is 16.3 Å². The Morgan fingerprint density at radius 2 is 2.04 bits per heavy atom. The smallest absolute Gasteiger partial charge is 0.324 e. The molecular weight excluding hydrogens is 308 g/mol. The highest BCUT2D eigenvalue weighted by Gasteiger charge is 2.36. The van der Waals surface area contributed by atoms with Crippen molar-refractivity contribution in [1.82, 2.24) is 10.2 Å². The van der Waals surface area contributed by atoms with Gasteiger partial charge in [-0.25, -0.2) is 4.79 Å². The number of quaternary nitrogens is 1. The molecule has 24 heavy (non-hydrogen) atoms. The van der Waals surface area contributed by atoms with Gasteiger partial charge in [0.1, 0.15) is 5.75 Å². The molecule has 3 amide bonds. The molecule has 2 aliphatic rings. The highest BCUT2D eigenvalue weighted by molar-refractivity contribution is 5.97. The number of amides is 3. The average molecular weight is 333 g/mol. The van der Waals surface area contributed by atoms with E-state index in [1.165, 1.54) is 9.80 Å². The first-order valence-corrected chi connectivity index (χ1v) is 8.43. The van der Waals surface area contributed by atoms with Crippen LogP contribution in [0.25, 0.3) is 0 Å². The molecule has 2 N–H and O–H groups in total. The summed E-state index contributed by atoms with van der Waals surface area (Å²) in [5.74, 6) is 0.778. The molecule has 7 heteroatoms. The largest absolute Gasteiger partial charge is 0.497 e. The van der Waals surface area contributed by atoms with Crippen molar-refractivity contribution >= 4 is 17.6 Å². The number of methoxy groups -OCH3 is 1. The summed E-state index contributed by atoms with van der Waals surface area (Å²) < 4.78 is 5.28. The van der Waals surface area contributed by atoms with Gasteiger partial charge < -0.3 is 19.9 Å². The van der Waals surface area contributed by atoms with Gasteiger partial charge in [0.25, 0.3) is 5.91 Å². The van der Waals surface area contributed by atoms with Crippen molar-refractivity contribution in [2.75, 3.05) is 51.3 Å². The van der Waals surface area contributed by atoms with Crippen LogP contribution in [0.4, 0.5) is 10.5 Å². The number of carbonyl (C=O) groups is 2. The second kappa shape index (κ2) is 7.09. The van der Waals surface area contributed by atoms with Gasteiger partial charge in [0.05, 0.1) is 33.3 Å². The van der Waals surface area contributed by atoms with Gasteiger partial charge in [-0.15, -0.1) is 0 Å². The minimum atomic E-state index is -0.263. The summed E-state index contributed by atoms with van der Waals surface area (Å²) in [5, 5.41) is 2.68. The Morgan fingerprint density at radius 1 is 1.29 bits per heavy atom. The molecule has 1 atom stereocenters. The van der Waals surface area contributed by atoms with Crippen molar-refractivity contribution in [3.63, 3.8) is 0 Å². The Labute approximate surface area is 142 Å². The van der Waals surface area contributed by atoms with Crippen LogP contribution in [0.15, 0.2) is 24.3 Å². The summed E-state index contributed by atoms with van der Waals surface area (Å²) in [6.07, 6.45) is 0. The predicted molar refractivity (Wildman–Crippen MR) is 90.5 cm³/mol. The fourth-order valence-electron chi connectivity index (χ4n) is 3.38. The molecule has 2 fully saturated rings. The molecular formula is C17H25N4O3+. The molecule has 1 aromatic rings. The minimum absolute atomic E-state index is 0.0742. The zero-order chi connectivity index (χ0) is 17.1. The molecule has 7 nitrogen and oxygen atoms in total. The van der Waals surface area contributed by atoms with Gasteiger partial charge in [-0.05, 0) is 19.1 Å². The first-order valence-electron chi connectivity index (χ1n) is 8.43. The summed E-state index contributed by atoms with van der Waals surface area (Å²) in [5.41, 5.74) is 1.14. The molecule has 0 radical (unpaired) electrons. The minimum Gasteiger partial charge on any atom is -0.497 e. The number of hydrogen-bond acceptors (Lipinski definition) is 4. The molecule has 0 aliphatic carbocycles. The fourth-order valence-corrected chi connectivity index (χ4v) is 3.38. The van der Waals surface area contributed by atoms with Gasteiger partial charge in [-0.2, -0.15) is 0 Å². The second-order valence-electron chi connectivity index (χ2n) is 6.29. The zero-order valence-corrected chi connectivity index (χ0v) is 14.2. The van der Waals surface area contributed by atoms with Crippen molar-refractivity contribution in [2.45, 2.75) is 13.0 Å². The number of hydrogen-bond donors (Lipinski definition) is 2. The monoisotopic (exact) mass is 333 g/mol. The predicted octanol–water partition coefficient (Wildman–Crippen LogP) is -0.660. The number of urea groups is 1. The molecule has 2 heterocycles. The quantitative estimate of drug-likeness (QED) is 0.768. The van der Waals surface area contributed by atoms with Crippen LogP contribution in [-0.4, -0.2) is 69.3 Å². The molecule has 0 unspecified atom stereocenters. The Kier molecular flexibility index (Phi) is 4.89. The average Bonchev–Trinajstić information content (AvgIpc) is 3.06. The standard InChI is InChI=1S/C17H24N4O3/c1-13(16(22)21-7-6-18-17(21)23)19-8-10-20(11-9-19)14-4-3-5-15(12-14)24-2/h3-5,12-13H,6-11H2,1-2H3,(H,18,23)/p+1/t13-/m0/s1. The van der Waals surface area contributed by atoms with Crippen LogP contribution in [0, 0.1) is 0 Å². The molecule has 1 aromatic carbocycles. The van der Waals surface area contributed by atoms with E-state index in [1.807, 2.05) is 25.1 Å². The number of carbonyl (C=O) groups excluding carboxylic acids is 2. The van der Waals surface area contributed by atoms with Crippen LogP contribution in [0.1, 0.15) is 6.92 Å². The third-order valence-corrected chi connectivity index (χ3v) is 4.93. The Balaban J connectivity index is 1.58. The highest BCUT2D eigenvalue weighted by atomic mass is 16.5. The maximum absolute atomic E-state index is 12.5. The van der Waals surface area contributed by atoms with Crippen LogP contribution >= 0.6 is 0 Å². The third kappa shape index (κ3) is 3.31. The van der Waals surface area contributed by atoms with Gasteiger partial charge in [0.2, 0.25) is 0 Å². The molecule has 3 rings (SSSR count). The van der Waals surface area contributed by atoms with Crippen molar-refractivity contribution in [1.29, 1.82) is 0 Å². The number of ether oxygens (including phenoxy) is 1. The number of rotatable bonds is 4. The maximum atomic E-state index is 12.5. The van der Waals surface area contributed by atoms with Crippen LogP contribution in [-0.2, 0) is 4.79 Å². The first-order chi connectivity index (χ1) is 11.6. The summed E-state index contributed by atoms with van der Waals surface area (Å²) in [6, 6.07) is 7.59. The molecule has 130 valence electrons. The molecule has 0 bridgehead atoms. The number of nitrogens with one attached hydrogen (secondary N) is 2. The van der Waals surface area contributed by atoms with E-state index in [9.17, 15) is 9.59 Å². The van der Waals surface area contributed by atoms with Crippen LogP contribution in [0.5, 0.6) is 5.75 Å². The molecule has 2 saturated heterocycles. The lowest BCUT2D eigenvalue weighted by Gasteiger charge is -2.36. The summed E-state index contributed by atoms with van der Waals surface area (Å²) in [4.78, 5) is 29.1. The van der Waals surface area contributed by atoms with E-state index in [-0.39, 0.29) is 18.0 Å². The topological polar surface area (TPSA) is 66.3 Å². The van der Waals surface area contributed by atoms with Crippen molar-refractivity contribution in [3.05, 3.63) is 24.3 Å². The lowest BCUT2D eigenvalue weighted by Crippen LogP contribution is -3.19. The molecule has 0 spiro atoms. The number of benzene rings is 1. The normalized spacial score (nSPS) is 20.0. The van der Waals surface area contributed by atoms with Gasteiger partial charge in [-0.3, -0.25) is 9.69 Å². The number of anilines is 1. The molecule has 2 aliphatic heterocycles. The number of piperazine rings is 1. The van der Waals surface area contributed by atoms with Gasteiger partial charge in [-0.1, -0.05) is 6.07 Å². The zero-order valence-electron chi connectivity index (χ0n) is 14.2. The summed E-state index contributed by atoms with van der Waals surface area (Å²) in [6.45, 7) is 6.46. The first kappa shape index (κ1) is 16.6. The van der Waals surface area contributed by atoms with E-state index in [0.717, 1.165) is 37.6 Å². The van der Waals surface area contributed by atoms with E-state index in [1.54, 1.807) is 7.11 Å². The van der Waals surface area contributed by atoms with Gasteiger partial charge in [0.15, 0.2) is 6.04 Å². The van der Waals surface area contributed by atoms with E-state index >= 15 is 0 Å². The van der Waals surface area contributed by atoms with Crippen molar-refractivity contribution < 1.29 is 19.2 Å². The van der Waals surface area contributed by atoms with Gasteiger partial charge in [0, 0.05) is 24.8 Å². The third-order valence-electron chi connectivity index (χ3n) is 4.93. The second-order valence-corrected chi connectivity index (χ2v) is 6.29. The Bertz CT molecular complexity index is 614. The summed E-state index contributed by atoms with van der Waals surface area (Å²) in [7, 11) is 1.67. The lowest BCUT2D eigenvalue weighted by molar-refractivity contribution is -0.915. The van der Waals surface area contributed by atoms with Crippen LogP contribution in [0.2, 0.25) is 0 Å². The molecule has 0 aromatic heterocycles. The van der Waals surface area contributed by atoms with Crippen LogP contribution < -0.4 is 19.9 Å². The molecule has 0 saturated carbocycles. The van der Waals surface area contributed by atoms with E-state index in [0.29, 0.717) is 13.1 Å². The van der Waals surface area contributed by atoms with Gasteiger partial charge >= 0.3 is 6.03 Å². The van der Waals surface area contributed by atoms with E-state index < -0.39 is 0 Å². The number of nitrogens with zero attached hydrogens (tertiary/aromatic N) is 2. The van der Waals surface area contributed by atoms with Crippen molar-refractivity contribution in [2.24, 2.45) is 0 Å². The Hall–Kier alpha value is -2.28. The van der Waals surface area contributed by atoms with E-state index in [4.69, 9.17) is 4.74 Å². The van der Waals surface area contributed by atoms with Crippen LogP contribution in [0.3, 0.4) is 0 Å².